The summed E-state index contributed by atoms with van der Waals surface area (Å²) in [5.74, 6) is -2.11. The van der Waals surface area contributed by atoms with Crippen LogP contribution in [0, 0.1) is 0 Å². The van der Waals surface area contributed by atoms with Gasteiger partial charge in [-0.3, -0.25) is 4.79 Å². The number of ether oxygens (including phenoxy) is 2. The molecule has 1 N–H and O–H groups in total. The number of likely N-dealkylation sites (tertiary alicyclic amines) is 1. The Balaban J connectivity index is 0.000000318. The average Bonchev–Trinajstić information content (AvgIpc) is 3.37. The summed E-state index contributed by atoms with van der Waals surface area (Å²) >= 11 is 1.54. The molecule has 0 radical (unpaired) electrons. The fourth-order valence-corrected chi connectivity index (χ4v) is 4.00. The normalized spacial score (nSPS) is 23.2. The number of carboxylic acid groups (broad SMARTS) is 1. The number of alkyl halides is 3. The summed E-state index contributed by atoms with van der Waals surface area (Å²) < 4.78 is 43.7. The highest BCUT2D eigenvalue weighted by molar-refractivity contribution is 7.08. The van der Waals surface area contributed by atoms with E-state index < -0.39 is 12.1 Å². The van der Waals surface area contributed by atoms with Crippen LogP contribution in [0.2, 0.25) is 0 Å². The Labute approximate surface area is 174 Å². The van der Waals surface area contributed by atoms with Gasteiger partial charge < -0.3 is 19.5 Å². The number of carboxylic acids is 1. The molecule has 2 aliphatic rings. The number of aliphatic carboxylic acids is 1. The first-order valence-electron chi connectivity index (χ1n) is 9.10. The zero-order valence-corrected chi connectivity index (χ0v) is 16.4. The minimum Gasteiger partial charge on any atom is -0.475 e. The van der Waals surface area contributed by atoms with Crippen LogP contribution in [0.5, 0.6) is 5.88 Å². The molecule has 4 heterocycles. The quantitative estimate of drug-likeness (QED) is 0.782. The van der Waals surface area contributed by atoms with E-state index in [1.54, 1.807) is 6.20 Å². The number of pyridine rings is 1. The van der Waals surface area contributed by atoms with E-state index in [0.29, 0.717) is 12.4 Å². The van der Waals surface area contributed by atoms with Gasteiger partial charge in [0.15, 0.2) is 0 Å². The second-order valence-electron chi connectivity index (χ2n) is 6.64. The number of hydrogen-bond acceptors (Lipinski definition) is 6. The van der Waals surface area contributed by atoms with Crippen molar-refractivity contribution in [2.45, 2.75) is 37.3 Å². The molecule has 0 unspecified atom stereocenters. The zero-order valence-electron chi connectivity index (χ0n) is 15.6. The fourth-order valence-electron chi connectivity index (χ4n) is 3.37. The first-order chi connectivity index (χ1) is 14.3. The van der Waals surface area contributed by atoms with E-state index in [4.69, 9.17) is 19.4 Å². The summed E-state index contributed by atoms with van der Waals surface area (Å²) in [6.07, 6.45) is -1.68. The van der Waals surface area contributed by atoms with Crippen LogP contribution in [-0.2, 0) is 9.53 Å². The molecule has 162 valence electrons. The van der Waals surface area contributed by atoms with Gasteiger partial charge in [0.1, 0.15) is 12.2 Å². The van der Waals surface area contributed by atoms with Gasteiger partial charge in [-0.1, -0.05) is 6.07 Å². The summed E-state index contributed by atoms with van der Waals surface area (Å²) in [5, 5.41) is 11.0. The zero-order chi connectivity index (χ0) is 21.7. The van der Waals surface area contributed by atoms with Crippen LogP contribution >= 0.6 is 11.3 Å². The maximum Gasteiger partial charge on any atom is 0.490 e. The monoisotopic (exact) mass is 444 g/mol. The maximum absolute atomic E-state index is 12.8. The second kappa shape index (κ2) is 9.43. The molecule has 4 rings (SSSR count). The SMILES string of the molecule is O=C(O)C(F)(F)F.O=C(c1ccsc1)N1C[C@@H](Oc2ccccn2)[C@H]2OCCC[C@H]21. The lowest BCUT2D eigenvalue weighted by Gasteiger charge is -2.31. The van der Waals surface area contributed by atoms with Gasteiger partial charge in [0.05, 0.1) is 18.2 Å². The Morgan fingerprint density at radius 2 is 2.07 bits per heavy atom. The number of nitrogens with zero attached hydrogens (tertiary/aromatic N) is 2. The molecule has 2 aromatic rings. The van der Waals surface area contributed by atoms with Gasteiger partial charge in [-0.25, -0.2) is 9.78 Å². The van der Waals surface area contributed by atoms with Gasteiger partial charge in [0.2, 0.25) is 5.88 Å². The minimum absolute atomic E-state index is 0.0684. The van der Waals surface area contributed by atoms with E-state index in [2.05, 4.69) is 4.98 Å². The second-order valence-corrected chi connectivity index (χ2v) is 7.42. The Bertz CT molecular complexity index is 848. The van der Waals surface area contributed by atoms with Crippen molar-refractivity contribution in [2.24, 2.45) is 0 Å². The lowest BCUT2D eigenvalue weighted by atomic mass is 10.0. The molecule has 1 amide bonds. The third-order valence-electron chi connectivity index (χ3n) is 4.66. The predicted octanol–water partition coefficient (Wildman–Crippen LogP) is 3.23. The van der Waals surface area contributed by atoms with Gasteiger partial charge in [-0.15, -0.1) is 0 Å². The molecular weight excluding hydrogens is 425 g/mol. The number of amides is 1. The lowest BCUT2D eigenvalue weighted by molar-refractivity contribution is -0.192. The van der Waals surface area contributed by atoms with Crippen LogP contribution in [0.4, 0.5) is 13.2 Å². The molecule has 0 bridgehead atoms. The molecule has 0 spiro atoms. The van der Waals surface area contributed by atoms with Gasteiger partial charge in [-0.05, 0) is 30.4 Å². The standard InChI is InChI=1S/C17H18N2O3S.C2HF3O2/c20-17(12-6-9-23-11-12)19-10-14(16-13(19)4-3-8-21-16)22-15-5-1-2-7-18-15;3-2(4,5)1(6)7/h1-2,5-7,9,11,13-14,16H,3-4,8,10H2;(H,6,7)/t13-,14-,16+;/m1./s1. The van der Waals surface area contributed by atoms with Crippen molar-refractivity contribution < 1.29 is 37.3 Å². The molecule has 7 nitrogen and oxygen atoms in total. The van der Waals surface area contributed by atoms with E-state index in [0.717, 1.165) is 25.0 Å². The van der Waals surface area contributed by atoms with Gasteiger partial charge >= 0.3 is 12.1 Å². The molecule has 2 aliphatic heterocycles. The van der Waals surface area contributed by atoms with Crippen molar-refractivity contribution in [3.05, 3.63) is 46.8 Å². The van der Waals surface area contributed by atoms with Crippen molar-refractivity contribution >= 4 is 23.2 Å². The van der Waals surface area contributed by atoms with E-state index in [9.17, 15) is 18.0 Å². The number of aromatic nitrogens is 1. The van der Waals surface area contributed by atoms with E-state index in [1.807, 2.05) is 39.9 Å². The Hall–Kier alpha value is -2.66. The highest BCUT2D eigenvalue weighted by Crippen LogP contribution is 2.32. The van der Waals surface area contributed by atoms with Crippen molar-refractivity contribution in [3.63, 3.8) is 0 Å². The highest BCUT2D eigenvalue weighted by atomic mass is 32.1. The van der Waals surface area contributed by atoms with Crippen molar-refractivity contribution in [3.8, 4) is 5.88 Å². The average molecular weight is 444 g/mol. The number of thiophene rings is 1. The Morgan fingerprint density at radius 1 is 1.30 bits per heavy atom. The smallest absolute Gasteiger partial charge is 0.475 e. The summed E-state index contributed by atoms with van der Waals surface area (Å²) in [6, 6.07) is 7.54. The maximum atomic E-state index is 12.8. The topological polar surface area (TPSA) is 89.0 Å². The molecule has 0 aromatic carbocycles. The first-order valence-corrected chi connectivity index (χ1v) is 10.0. The first kappa shape index (κ1) is 22.0. The minimum atomic E-state index is -5.08. The molecule has 11 heteroatoms. The molecule has 0 saturated carbocycles. The largest absolute Gasteiger partial charge is 0.490 e. The van der Waals surface area contributed by atoms with E-state index in [-0.39, 0.29) is 24.2 Å². The van der Waals surface area contributed by atoms with Crippen molar-refractivity contribution in [1.82, 2.24) is 9.88 Å². The van der Waals surface area contributed by atoms with Gasteiger partial charge in [-0.2, -0.15) is 24.5 Å². The molecule has 3 atom stereocenters. The number of fused-ring (bicyclic) bond motifs is 1. The van der Waals surface area contributed by atoms with E-state index >= 15 is 0 Å². The Morgan fingerprint density at radius 3 is 2.67 bits per heavy atom. The van der Waals surface area contributed by atoms with Crippen LogP contribution in [0.25, 0.3) is 0 Å². The molecule has 2 aromatic heterocycles. The number of halogens is 3. The molecule has 2 fully saturated rings. The number of rotatable bonds is 3. The van der Waals surface area contributed by atoms with E-state index in [1.165, 1.54) is 11.3 Å². The summed E-state index contributed by atoms with van der Waals surface area (Å²) in [5.41, 5.74) is 0.748. The summed E-state index contributed by atoms with van der Waals surface area (Å²) in [4.78, 5) is 27.8. The molecular formula is C19H19F3N2O5S. The van der Waals surface area contributed by atoms with Crippen LogP contribution in [0.15, 0.2) is 41.2 Å². The number of carbonyl (C=O) groups excluding carboxylic acids is 1. The fraction of sp³-hybridized carbons (Fsp3) is 0.421. The molecule has 0 aliphatic carbocycles. The van der Waals surface area contributed by atoms with Gasteiger partial charge in [0, 0.05) is 24.3 Å². The lowest BCUT2D eigenvalue weighted by Crippen LogP contribution is -2.44. The summed E-state index contributed by atoms with van der Waals surface area (Å²) in [7, 11) is 0. The van der Waals surface area contributed by atoms with Crippen molar-refractivity contribution in [2.75, 3.05) is 13.2 Å². The predicted molar refractivity (Wildman–Crippen MR) is 100 cm³/mol. The van der Waals surface area contributed by atoms with Crippen molar-refractivity contribution in [1.29, 1.82) is 0 Å². The van der Waals surface area contributed by atoms with Crippen LogP contribution < -0.4 is 4.74 Å². The summed E-state index contributed by atoms with van der Waals surface area (Å²) in [6.45, 7) is 1.27. The number of carbonyl (C=O) groups is 2. The van der Waals surface area contributed by atoms with Crippen LogP contribution in [0.1, 0.15) is 23.2 Å². The third kappa shape index (κ3) is 5.28. The molecule has 2 saturated heterocycles. The number of hydrogen-bond donors (Lipinski definition) is 1. The van der Waals surface area contributed by atoms with Crippen LogP contribution in [-0.4, -0.2) is 64.4 Å². The third-order valence-corrected chi connectivity index (χ3v) is 5.34. The van der Waals surface area contributed by atoms with Crippen LogP contribution in [0.3, 0.4) is 0 Å². The highest BCUT2D eigenvalue weighted by Gasteiger charge is 2.47. The molecule has 30 heavy (non-hydrogen) atoms. The van der Waals surface area contributed by atoms with Gasteiger partial charge in [0.25, 0.3) is 5.91 Å². The Kier molecular flexibility index (Phi) is 6.93.